The molecule has 0 amide bonds. The molecule has 2 N–H and O–H groups in total. The van der Waals surface area contributed by atoms with E-state index in [1.165, 1.54) is 5.56 Å². The second-order valence-electron chi connectivity index (χ2n) is 4.38. The first-order valence-corrected chi connectivity index (χ1v) is 7.42. The van der Waals surface area contributed by atoms with Crippen LogP contribution in [0.5, 0.6) is 0 Å². The molecule has 0 spiro atoms. The summed E-state index contributed by atoms with van der Waals surface area (Å²) in [5.74, 6) is 1.03. The SMILES string of the molecule is NCc1cccc(C2CCS(=O)(=O)CC2)c1. The highest BCUT2D eigenvalue weighted by Gasteiger charge is 2.24. The molecule has 0 saturated carbocycles. The summed E-state index contributed by atoms with van der Waals surface area (Å²) in [6.07, 6.45) is 1.49. The standard InChI is InChI=1S/C12H17NO2S/c13-9-10-2-1-3-12(8-10)11-4-6-16(14,15)7-5-11/h1-3,8,11H,4-7,9,13H2. The van der Waals surface area contributed by atoms with Crippen LogP contribution in [0, 0.1) is 0 Å². The Morgan fingerprint density at radius 1 is 1.25 bits per heavy atom. The normalized spacial score (nSPS) is 20.8. The minimum absolute atomic E-state index is 0.324. The summed E-state index contributed by atoms with van der Waals surface area (Å²) < 4.78 is 22.7. The molecular weight excluding hydrogens is 222 g/mol. The Kier molecular flexibility index (Phi) is 3.30. The molecule has 88 valence electrons. The maximum Gasteiger partial charge on any atom is 0.150 e. The average molecular weight is 239 g/mol. The minimum Gasteiger partial charge on any atom is -0.326 e. The first-order chi connectivity index (χ1) is 7.61. The molecule has 3 nitrogen and oxygen atoms in total. The van der Waals surface area contributed by atoms with Gasteiger partial charge in [0, 0.05) is 6.54 Å². The first kappa shape index (κ1) is 11.6. The van der Waals surface area contributed by atoms with Crippen molar-refractivity contribution in [2.45, 2.75) is 25.3 Å². The number of benzene rings is 1. The molecule has 0 aromatic heterocycles. The van der Waals surface area contributed by atoms with Crippen LogP contribution in [0.25, 0.3) is 0 Å². The van der Waals surface area contributed by atoms with Crippen LogP contribution in [0.15, 0.2) is 24.3 Å². The number of sulfone groups is 1. The van der Waals surface area contributed by atoms with Gasteiger partial charge >= 0.3 is 0 Å². The monoisotopic (exact) mass is 239 g/mol. The van der Waals surface area contributed by atoms with Crippen molar-refractivity contribution < 1.29 is 8.42 Å². The van der Waals surface area contributed by atoms with Gasteiger partial charge in [-0.05, 0) is 29.9 Å². The Labute approximate surface area is 96.6 Å². The summed E-state index contributed by atoms with van der Waals surface area (Å²) in [5, 5.41) is 0. The third-order valence-electron chi connectivity index (χ3n) is 3.21. The minimum atomic E-state index is -2.76. The van der Waals surface area contributed by atoms with Crippen molar-refractivity contribution in [3.63, 3.8) is 0 Å². The van der Waals surface area contributed by atoms with Crippen LogP contribution in [0.2, 0.25) is 0 Å². The molecule has 1 aromatic carbocycles. The van der Waals surface area contributed by atoms with E-state index < -0.39 is 9.84 Å². The largest absolute Gasteiger partial charge is 0.326 e. The summed E-state index contributed by atoms with van der Waals surface area (Å²) in [4.78, 5) is 0. The van der Waals surface area contributed by atoms with Crippen molar-refractivity contribution in [1.82, 2.24) is 0 Å². The van der Waals surface area contributed by atoms with Crippen LogP contribution in [0.3, 0.4) is 0 Å². The molecule has 0 bridgehead atoms. The molecule has 0 atom stereocenters. The highest BCUT2D eigenvalue weighted by atomic mass is 32.2. The van der Waals surface area contributed by atoms with Gasteiger partial charge in [0.1, 0.15) is 9.84 Å². The van der Waals surface area contributed by atoms with Gasteiger partial charge in [0.15, 0.2) is 0 Å². The van der Waals surface area contributed by atoms with Crippen LogP contribution in [-0.2, 0) is 16.4 Å². The Bertz CT molecular complexity index is 454. The molecule has 1 fully saturated rings. The van der Waals surface area contributed by atoms with Gasteiger partial charge in [0.2, 0.25) is 0 Å². The van der Waals surface area contributed by atoms with Gasteiger partial charge in [-0.15, -0.1) is 0 Å². The fourth-order valence-corrected chi connectivity index (χ4v) is 3.69. The molecular formula is C12H17NO2S. The summed E-state index contributed by atoms with van der Waals surface area (Å²) in [7, 11) is -2.76. The Balaban J connectivity index is 2.13. The number of nitrogens with two attached hydrogens (primary N) is 1. The van der Waals surface area contributed by atoms with Gasteiger partial charge in [-0.3, -0.25) is 0 Å². The van der Waals surface area contributed by atoms with Gasteiger partial charge in [-0.1, -0.05) is 24.3 Å². The number of hydrogen-bond acceptors (Lipinski definition) is 3. The molecule has 16 heavy (non-hydrogen) atoms. The van der Waals surface area contributed by atoms with E-state index in [0.717, 1.165) is 18.4 Å². The molecule has 1 saturated heterocycles. The van der Waals surface area contributed by atoms with E-state index in [2.05, 4.69) is 12.1 Å². The summed E-state index contributed by atoms with van der Waals surface area (Å²) in [6, 6.07) is 8.17. The lowest BCUT2D eigenvalue weighted by molar-refractivity contribution is 0.550. The highest BCUT2D eigenvalue weighted by Crippen LogP contribution is 2.29. The summed E-state index contributed by atoms with van der Waals surface area (Å²) in [5.41, 5.74) is 7.95. The molecule has 0 aliphatic carbocycles. The molecule has 4 heteroatoms. The number of hydrogen-bond donors (Lipinski definition) is 1. The Morgan fingerprint density at radius 2 is 1.94 bits per heavy atom. The summed E-state index contributed by atoms with van der Waals surface area (Å²) in [6.45, 7) is 0.541. The molecule has 1 heterocycles. The van der Waals surface area contributed by atoms with E-state index >= 15 is 0 Å². The van der Waals surface area contributed by atoms with Gasteiger partial charge in [0.05, 0.1) is 11.5 Å². The molecule has 0 unspecified atom stereocenters. The van der Waals surface area contributed by atoms with Crippen molar-refractivity contribution in [2.24, 2.45) is 5.73 Å². The molecule has 1 aliphatic heterocycles. The lowest BCUT2D eigenvalue weighted by atomic mass is 9.92. The van der Waals surface area contributed by atoms with Crippen LogP contribution in [-0.4, -0.2) is 19.9 Å². The third-order valence-corrected chi connectivity index (χ3v) is 4.93. The van der Waals surface area contributed by atoms with Gasteiger partial charge in [-0.2, -0.15) is 0 Å². The van der Waals surface area contributed by atoms with Crippen molar-refractivity contribution >= 4 is 9.84 Å². The van der Waals surface area contributed by atoms with Crippen molar-refractivity contribution in [1.29, 1.82) is 0 Å². The predicted octanol–water partition coefficient (Wildman–Crippen LogP) is 1.44. The van der Waals surface area contributed by atoms with E-state index in [1.807, 2.05) is 12.1 Å². The van der Waals surface area contributed by atoms with Crippen LogP contribution in [0.4, 0.5) is 0 Å². The van der Waals surface area contributed by atoms with Crippen molar-refractivity contribution in [3.05, 3.63) is 35.4 Å². The Morgan fingerprint density at radius 3 is 2.56 bits per heavy atom. The lowest BCUT2D eigenvalue weighted by Crippen LogP contribution is -2.22. The lowest BCUT2D eigenvalue weighted by Gasteiger charge is -2.22. The van der Waals surface area contributed by atoms with E-state index in [0.29, 0.717) is 24.0 Å². The fourth-order valence-electron chi connectivity index (χ4n) is 2.20. The van der Waals surface area contributed by atoms with Gasteiger partial charge in [0.25, 0.3) is 0 Å². The fraction of sp³-hybridized carbons (Fsp3) is 0.500. The topological polar surface area (TPSA) is 60.2 Å². The maximum absolute atomic E-state index is 11.3. The predicted molar refractivity (Wildman–Crippen MR) is 65.0 cm³/mol. The first-order valence-electron chi connectivity index (χ1n) is 5.60. The van der Waals surface area contributed by atoms with E-state index in [-0.39, 0.29) is 0 Å². The summed E-state index contributed by atoms with van der Waals surface area (Å²) >= 11 is 0. The maximum atomic E-state index is 11.3. The molecule has 2 rings (SSSR count). The van der Waals surface area contributed by atoms with E-state index in [1.54, 1.807) is 0 Å². The van der Waals surface area contributed by atoms with E-state index in [9.17, 15) is 8.42 Å². The van der Waals surface area contributed by atoms with Gasteiger partial charge in [-0.25, -0.2) is 8.42 Å². The third kappa shape index (κ3) is 2.62. The van der Waals surface area contributed by atoms with E-state index in [4.69, 9.17) is 5.73 Å². The molecule has 1 aliphatic rings. The quantitative estimate of drug-likeness (QED) is 0.849. The highest BCUT2D eigenvalue weighted by molar-refractivity contribution is 7.91. The Hall–Kier alpha value is -0.870. The molecule has 1 aromatic rings. The zero-order chi connectivity index (χ0) is 11.6. The zero-order valence-electron chi connectivity index (χ0n) is 9.22. The molecule has 0 radical (unpaired) electrons. The second-order valence-corrected chi connectivity index (χ2v) is 6.68. The van der Waals surface area contributed by atoms with Crippen molar-refractivity contribution in [2.75, 3.05) is 11.5 Å². The van der Waals surface area contributed by atoms with Crippen LogP contribution in [0.1, 0.15) is 29.9 Å². The number of rotatable bonds is 2. The van der Waals surface area contributed by atoms with Crippen LogP contribution >= 0.6 is 0 Å². The van der Waals surface area contributed by atoms with Crippen LogP contribution < -0.4 is 5.73 Å². The average Bonchev–Trinajstić information content (AvgIpc) is 2.29. The van der Waals surface area contributed by atoms with Gasteiger partial charge < -0.3 is 5.73 Å². The zero-order valence-corrected chi connectivity index (χ0v) is 10.0. The second kappa shape index (κ2) is 4.55. The smallest absolute Gasteiger partial charge is 0.150 e. The van der Waals surface area contributed by atoms with Crippen molar-refractivity contribution in [3.8, 4) is 0 Å².